The zero-order valence-electron chi connectivity index (χ0n) is 14.9. The number of halogens is 2. The number of benzene rings is 1. The topological polar surface area (TPSA) is 87.5 Å². The standard InChI is InChI=1S/C18H20BrFN4O3/c1-23-8-12(10-3-5-11(6-4-10)18(26)27)7-13(9-23)21-15-14(19)17(25)24(2)22-16(15)20/h3-6,12-13,21H,7-9H2,1-2H3,(H,26,27)/t12-,13+/m0/s1. The van der Waals surface area contributed by atoms with Crippen molar-refractivity contribution in [3.63, 3.8) is 0 Å². The van der Waals surface area contributed by atoms with E-state index in [-0.39, 0.29) is 27.7 Å². The van der Waals surface area contributed by atoms with Gasteiger partial charge in [0.1, 0.15) is 10.2 Å². The molecular weight excluding hydrogens is 419 g/mol. The Kier molecular flexibility index (Phi) is 5.61. The highest BCUT2D eigenvalue weighted by atomic mass is 79.9. The number of aromatic nitrogens is 2. The van der Waals surface area contributed by atoms with Crippen molar-refractivity contribution in [2.24, 2.45) is 7.05 Å². The number of nitrogens with zero attached hydrogens (tertiary/aromatic N) is 3. The summed E-state index contributed by atoms with van der Waals surface area (Å²) in [6, 6.07) is 6.74. The maximum absolute atomic E-state index is 14.3. The van der Waals surface area contributed by atoms with Crippen molar-refractivity contribution in [3.05, 3.63) is 56.2 Å². The van der Waals surface area contributed by atoms with Gasteiger partial charge in [-0.3, -0.25) is 4.79 Å². The number of likely N-dealkylation sites (tertiary alicyclic amines) is 1. The average Bonchev–Trinajstić information content (AvgIpc) is 2.63. The Labute approximate surface area is 163 Å². The highest BCUT2D eigenvalue weighted by molar-refractivity contribution is 9.10. The number of likely N-dealkylation sites (N-methyl/N-ethyl adjacent to an activating group) is 1. The number of aryl methyl sites for hydroxylation is 1. The third-order valence-electron chi connectivity index (χ3n) is 4.76. The molecule has 0 saturated carbocycles. The first-order chi connectivity index (χ1) is 12.8. The van der Waals surface area contributed by atoms with Gasteiger partial charge in [-0.1, -0.05) is 12.1 Å². The molecule has 0 spiro atoms. The minimum Gasteiger partial charge on any atom is -0.478 e. The van der Waals surface area contributed by atoms with Crippen LogP contribution in [-0.2, 0) is 7.05 Å². The van der Waals surface area contributed by atoms with E-state index in [1.54, 1.807) is 12.1 Å². The maximum Gasteiger partial charge on any atom is 0.335 e. The molecule has 9 heteroatoms. The molecule has 0 radical (unpaired) electrons. The van der Waals surface area contributed by atoms with Gasteiger partial charge < -0.3 is 15.3 Å². The van der Waals surface area contributed by atoms with Crippen LogP contribution in [0.2, 0.25) is 0 Å². The summed E-state index contributed by atoms with van der Waals surface area (Å²) in [5.41, 5.74) is 0.928. The second-order valence-electron chi connectivity index (χ2n) is 6.83. The minimum absolute atomic E-state index is 0.0679. The fourth-order valence-electron chi connectivity index (χ4n) is 3.46. The fourth-order valence-corrected chi connectivity index (χ4v) is 3.99. The predicted molar refractivity (Wildman–Crippen MR) is 103 cm³/mol. The lowest BCUT2D eigenvalue weighted by Crippen LogP contribution is -2.44. The van der Waals surface area contributed by atoms with E-state index in [4.69, 9.17) is 5.11 Å². The molecule has 1 fully saturated rings. The van der Waals surface area contributed by atoms with Gasteiger partial charge in [-0.15, -0.1) is 5.10 Å². The van der Waals surface area contributed by atoms with E-state index < -0.39 is 17.5 Å². The van der Waals surface area contributed by atoms with E-state index in [0.717, 1.165) is 23.2 Å². The number of carboxylic acids is 1. The lowest BCUT2D eigenvalue weighted by molar-refractivity contribution is 0.0697. The zero-order chi connectivity index (χ0) is 19.7. The first-order valence-electron chi connectivity index (χ1n) is 8.47. The largest absolute Gasteiger partial charge is 0.478 e. The molecule has 1 aliphatic heterocycles. The number of rotatable bonds is 4. The Bertz CT molecular complexity index is 916. The molecule has 7 nitrogen and oxygen atoms in total. The number of hydrogen-bond donors (Lipinski definition) is 2. The molecule has 1 aliphatic rings. The van der Waals surface area contributed by atoms with Crippen LogP contribution in [0.15, 0.2) is 33.5 Å². The van der Waals surface area contributed by atoms with Gasteiger partial charge in [0.05, 0.1) is 5.56 Å². The van der Waals surface area contributed by atoms with Crippen LogP contribution < -0.4 is 10.9 Å². The summed E-state index contributed by atoms with van der Waals surface area (Å²) >= 11 is 3.16. The quantitative estimate of drug-likeness (QED) is 0.761. The van der Waals surface area contributed by atoms with Gasteiger partial charge in [-0.2, -0.15) is 4.39 Å². The van der Waals surface area contributed by atoms with Gasteiger partial charge >= 0.3 is 5.97 Å². The predicted octanol–water partition coefficient (Wildman–Crippen LogP) is 2.28. The third kappa shape index (κ3) is 4.19. The SMILES string of the molecule is CN1C[C@H](Nc2c(F)nn(C)c(=O)c2Br)C[C@H](c2ccc(C(=O)O)cc2)C1. The molecule has 1 aromatic heterocycles. The lowest BCUT2D eigenvalue weighted by Gasteiger charge is -2.37. The van der Waals surface area contributed by atoms with Crippen LogP contribution >= 0.6 is 15.9 Å². The lowest BCUT2D eigenvalue weighted by atomic mass is 9.88. The molecular formula is C18H20BrFN4O3. The summed E-state index contributed by atoms with van der Waals surface area (Å²) in [5, 5.41) is 15.7. The molecule has 3 rings (SSSR count). The summed E-state index contributed by atoms with van der Waals surface area (Å²) in [6.07, 6.45) is 0.720. The van der Waals surface area contributed by atoms with Crippen molar-refractivity contribution in [3.8, 4) is 0 Å². The summed E-state index contributed by atoms with van der Waals surface area (Å²) in [7, 11) is 3.37. The number of anilines is 1. The molecule has 144 valence electrons. The monoisotopic (exact) mass is 438 g/mol. The summed E-state index contributed by atoms with van der Waals surface area (Å²) in [5.74, 6) is -1.54. The molecule has 2 atom stereocenters. The molecule has 0 bridgehead atoms. The van der Waals surface area contributed by atoms with Crippen molar-refractivity contribution in [2.75, 3.05) is 25.5 Å². The van der Waals surface area contributed by atoms with Crippen LogP contribution in [0, 0.1) is 5.95 Å². The summed E-state index contributed by atoms with van der Waals surface area (Å²) in [4.78, 5) is 25.2. The molecule has 1 saturated heterocycles. The molecule has 0 aliphatic carbocycles. The summed E-state index contributed by atoms with van der Waals surface area (Å²) < 4.78 is 15.3. The second-order valence-corrected chi connectivity index (χ2v) is 7.62. The van der Waals surface area contributed by atoms with Gasteiger partial charge in [-0.25, -0.2) is 9.48 Å². The number of carboxylic acid groups (broad SMARTS) is 1. The van der Waals surface area contributed by atoms with Gasteiger partial charge in [0.15, 0.2) is 0 Å². The van der Waals surface area contributed by atoms with Gasteiger partial charge in [0, 0.05) is 26.2 Å². The average molecular weight is 439 g/mol. The normalized spacial score (nSPS) is 20.4. The van der Waals surface area contributed by atoms with Crippen LogP contribution in [-0.4, -0.2) is 51.9 Å². The first-order valence-corrected chi connectivity index (χ1v) is 9.26. The van der Waals surface area contributed by atoms with Gasteiger partial charge in [-0.05, 0) is 53.0 Å². The highest BCUT2D eigenvalue weighted by Crippen LogP contribution is 2.30. The molecule has 0 amide bonds. The van der Waals surface area contributed by atoms with Crippen LogP contribution in [0.25, 0.3) is 0 Å². The van der Waals surface area contributed by atoms with Crippen LogP contribution in [0.1, 0.15) is 28.3 Å². The Balaban J connectivity index is 1.81. The first kappa shape index (κ1) is 19.5. The number of nitrogens with one attached hydrogen (secondary N) is 1. The van der Waals surface area contributed by atoms with Crippen molar-refractivity contribution >= 4 is 27.6 Å². The third-order valence-corrected chi connectivity index (χ3v) is 5.49. The van der Waals surface area contributed by atoms with Crippen molar-refractivity contribution in [1.82, 2.24) is 14.7 Å². The van der Waals surface area contributed by atoms with Crippen LogP contribution in [0.4, 0.5) is 10.1 Å². The minimum atomic E-state index is -0.958. The Morgan fingerprint density at radius 3 is 2.59 bits per heavy atom. The summed E-state index contributed by atoms with van der Waals surface area (Å²) in [6.45, 7) is 1.49. The number of hydrogen-bond acceptors (Lipinski definition) is 5. The number of carbonyl (C=O) groups is 1. The van der Waals surface area contributed by atoms with Crippen molar-refractivity contribution < 1.29 is 14.3 Å². The van der Waals surface area contributed by atoms with E-state index >= 15 is 0 Å². The van der Waals surface area contributed by atoms with Gasteiger partial charge in [0.2, 0.25) is 0 Å². The van der Waals surface area contributed by atoms with Crippen LogP contribution in [0.3, 0.4) is 0 Å². The smallest absolute Gasteiger partial charge is 0.335 e. The number of aromatic carboxylic acids is 1. The van der Waals surface area contributed by atoms with Gasteiger partial charge in [0.25, 0.3) is 11.5 Å². The highest BCUT2D eigenvalue weighted by Gasteiger charge is 2.28. The zero-order valence-corrected chi connectivity index (χ0v) is 16.5. The Hall–Kier alpha value is -2.26. The molecule has 27 heavy (non-hydrogen) atoms. The Morgan fingerprint density at radius 1 is 1.30 bits per heavy atom. The second kappa shape index (κ2) is 7.77. The van der Waals surface area contributed by atoms with E-state index in [1.807, 2.05) is 19.2 Å². The van der Waals surface area contributed by atoms with E-state index in [1.165, 1.54) is 7.05 Å². The fraction of sp³-hybridized carbons (Fsp3) is 0.389. The molecule has 2 heterocycles. The van der Waals surface area contributed by atoms with Crippen LogP contribution in [0.5, 0.6) is 0 Å². The Morgan fingerprint density at radius 2 is 1.96 bits per heavy atom. The van der Waals surface area contributed by atoms with Crippen molar-refractivity contribution in [1.29, 1.82) is 0 Å². The van der Waals surface area contributed by atoms with Crippen molar-refractivity contribution in [2.45, 2.75) is 18.4 Å². The maximum atomic E-state index is 14.3. The molecule has 0 unspecified atom stereocenters. The molecule has 2 aromatic rings. The number of piperidine rings is 1. The van der Waals surface area contributed by atoms with E-state index in [2.05, 4.69) is 31.2 Å². The van der Waals surface area contributed by atoms with E-state index in [9.17, 15) is 14.0 Å². The van der Waals surface area contributed by atoms with E-state index in [0.29, 0.717) is 6.54 Å². The molecule has 2 N–H and O–H groups in total. The molecule has 1 aromatic carbocycles.